The minimum absolute atomic E-state index is 0.0742. The Balaban J connectivity index is 1.69. The fourth-order valence-electron chi connectivity index (χ4n) is 2.80. The van der Waals surface area contributed by atoms with Crippen LogP contribution in [0.25, 0.3) is 0 Å². The van der Waals surface area contributed by atoms with Gasteiger partial charge in [0.15, 0.2) is 0 Å². The monoisotopic (exact) mass is 381 g/mol. The standard InChI is InChI=1S/C21H23N3O4/c1-3-12-28-18-9-4-15(5-10-18)14-23(2)21(25)16-6-11-19(22-17-7-8-17)20(13-16)24(26)27/h3-6,9-11,13,17,22H,1,7-8,12,14H2,2H3. The van der Waals surface area contributed by atoms with E-state index in [1.54, 1.807) is 25.3 Å². The maximum absolute atomic E-state index is 12.7. The smallest absolute Gasteiger partial charge is 0.293 e. The lowest BCUT2D eigenvalue weighted by atomic mass is 10.1. The minimum Gasteiger partial charge on any atom is -0.490 e. The molecule has 0 aromatic heterocycles. The molecular weight excluding hydrogens is 358 g/mol. The largest absolute Gasteiger partial charge is 0.490 e. The van der Waals surface area contributed by atoms with Crippen LogP contribution in [0, 0.1) is 10.1 Å². The van der Waals surface area contributed by atoms with Crippen molar-refractivity contribution in [1.82, 2.24) is 4.90 Å². The fourth-order valence-corrected chi connectivity index (χ4v) is 2.80. The minimum atomic E-state index is -0.455. The van der Waals surface area contributed by atoms with Gasteiger partial charge in [-0.15, -0.1) is 0 Å². The Hall–Kier alpha value is -3.35. The quantitative estimate of drug-likeness (QED) is 0.403. The van der Waals surface area contributed by atoms with Crippen molar-refractivity contribution in [3.05, 3.63) is 76.4 Å². The van der Waals surface area contributed by atoms with Crippen molar-refractivity contribution in [2.24, 2.45) is 0 Å². The first-order valence-corrected chi connectivity index (χ1v) is 9.11. The van der Waals surface area contributed by atoms with Crippen molar-refractivity contribution in [2.45, 2.75) is 25.4 Å². The van der Waals surface area contributed by atoms with Gasteiger partial charge in [0.25, 0.3) is 11.6 Å². The van der Waals surface area contributed by atoms with Gasteiger partial charge in [0, 0.05) is 31.3 Å². The summed E-state index contributed by atoms with van der Waals surface area (Å²) >= 11 is 0. The molecule has 7 heteroatoms. The molecule has 2 aromatic carbocycles. The summed E-state index contributed by atoms with van der Waals surface area (Å²) in [6.45, 7) is 4.42. The van der Waals surface area contributed by atoms with E-state index in [0.717, 1.165) is 24.2 Å². The average Bonchev–Trinajstić information content (AvgIpc) is 3.51. The van der Waals surface area contributed by atoms with Crippen LogP contribution in [0.4, 0.5) is 11.4 Å². The first-order chi connectivity index (χ1) is 13.5. The summed E-state index contributed by atoms with van der Waals surface area (Å²) in [6, 6.07) is 12.3. The average molecular weight is 381 g/mol. The highest BCUT2D eigenvalue weighted by Crippen LogP contribution is 2.31. The zero-order valence-corrected chi connectivity index (χ0v) is 15.8. The van der Waals surface area contributed by atoms with Crippen LogP contribution in [0.15, 0.2) is 55.1 Å². The van der Waals surface area contributed by atoms with Crippen LogP contribution in [0.2, 0.25) is 0 Å². The molecule has 0 radical (unpaired) electrons. The Morgan fingerprint density at radius 1 is 1.32 bits per heavy atom. The number of carbonyl (C=O) groups is 1. The zero-order valence-electron chi connectivity index (χ0n) is 15.8. The molecule has 0 heterocycles. The molecular formula is C21H23N3O4. The highest BCUT2D eigenvalue weighted by molar-refractivity contribution is 5.95. The maximum atomic E-state index is 12.7. The molecule has 0 unspecified atom stereocenters. The molecule has 1 aliphatic carbocycles. The van der Waals surface area contributed by atoms with E-state index in [1.807, 2.05) is 24.3 Å². The van der Waals surface area contributed by atoms with Crippen molar-refractivity contribution in [2.75, 3.05) is 19.0 Å². The molecule has 146 valence electrons. The number of nitrogens with zero attached hydrogens (tertiary/aromatic N) is 2. The molecule has 0 spiro atoms. The lowest BCUT2D eigenvalue weighted by molar-refractivity contribution is -0.384. The van der Waals surface area contributed by atoms with E-state index in [-0.39, 0.29) is 11.6 Å². The summed E-state index contributed by atoms with van der Waals surface area (Å²) in [5.74, 6) is 0.458. The van der Waals surface area contributed by atoms with Gasteiger partial charge < -0.3 is 15.0 Å². The maximum Gasteiger partial charge on any atom is 0.293 e. The summed E-state index contributed by atoms with van der Waals surface area (Å²) in [6.07, 6.45) is 3.70. The van der Waals surface area contributed by atoms with Crippen LogP contribution in [0.1, 0.15) is 28.8 Å². The summed E-state index contributed by atoms with van der Waals surface area (Å²) in [7, 11) is 1.67. The lowest BCUT2D eigenvalue weighted by Crippen LogP contribution is -2.26. The van der Waals surface area contributed by atoms with Crippen LogP contribution >= 0.6 is 0 Å². The Labute approximate surface area is 163 Å². The van der Waals surface area contributed by atoms with Gasteiger partial charge >= 0.3 is 0 Å². The van der Waals surface area contributed by atoms with Crippen molar-refractivity contribution in [1.29, 1.82) is 0 Å². The molecule has 1 saturated carbocycles. The van der Waals surface area contributed by atoms with Crippen molar-refractivity contribution in [3.63, 3.8) is 0 Å². The number of ether oxygens (including phenoxy) is 1. The number of carbonyl (C=O) groups excluding carboxylic acids is 1. The predicted molar refractivity (Wildman–Crippen MR) is 108 cm³/mol. The number of rotatable bonds is 9. The molecule has 1 N–H and O–H groups in total. The van der Waals surface area contributed by atoms with Crippen LogP contribution < -0.4 is 10.1 Å². The van der Waals surface area contributed by atoms with Crippen molar-refractivity contribution >= 4 is 17.3 Å². The second-order valence-electron chi connectivity index (χ2n) is 6.81. The first kappa shape index (κ1) is 19.4. The second-order valence-corrected chi connectivity index (χ2v) is 6.81. The molecule has 7 nitrogen and oxygen atoms in total. The number of hydrogen-bond donors (Lipinski definition) is 1. The summed E-state index contributed by atoms with van der Waals surface area (Å²) in [4.78, 5) is 25.2. The third-order valence-electron chi connectivity index (χ3n) is 4.44. The summed E-state index contributed by atoms with van der Waals surface area (Å²) < 4.78 is 5.44. The van der Waals surface area contributed by atoms with E-state index < -0.39 is 4.92 Å². The summed E-state index contributed by atoms with van der Waals surface area (Å²) in [5, 5.41) is 14.5. The van der Waals surface area contributed by atoms with E-state index in [0.29, 0.717) is 30.4 Å². The van der Waals surface area contributed by atoms with Gasteiger partial charge in [-0.3, -0.25) is 14.9 Å². The number of hydrogen-bond acceptors (Lipinski definition) is 5. The van der Waals surface area contributed by atoms with Crippen LogP contribution in [0.5, 0.6) is 5.75 Å². The number of benzene rings is 2. The molecule has 0 saturated heterocycles. The van der Waals surface area contributed by atoms with E-state index in [9.17, 15) is 14.9 Å². The molecule has 1 fully saturated rings. The number of anilines is 1. The highest BCUT2D eigenvalue weighted by Gasteiger charge is 2.26. The van der Waals surface area contributed by atoms with Crippen LogP contribution in [-0.2, 0) is 6.54 Å². The predicted octanol–water partition coefficient (Wildman–Crippen LogP) is 4.01. The van der Waals surface area contributed by atoms with Gasteiger partial charge in [0.05, 0.1) is 4.92 Å². The van der Waals surface area contributed by atoms with Gasteiger partial charge in [-0.25, -0.2) is 0 Å². The molecule has 0 atom stereocenters. The van der Waals surface area contributed by atoms with Crippen molar-refractivity contribution < 1.29 is 14.5 Å². The Bertz CT molecular complexity index is 876. The Morgan fingerprint density at radius 2 is 2.04 bits per heavy atom. The molecule has 0 bridgehead atoms. The third kappa shape index (κ3) is 4.88. The van der Waals surface area contributed by atoms with Gasteiger partial charge in [0.2, 0.25) is 0 Å². The molecule has 28 heavy (non-hydrogen) atoms. The number of amides is 1. The van der Waals surface area contributed by atoms with E-state index in [2.05, 4.69) is 11.9 Å². The van der Waals surface area contributed by atoms with Crippen molar-refractivity contribution in [3.8, 4) is 5.75 Å². The topological polar surface area (TPSA) is 84.7 Å². The number of nitro groups is 1. The Kier molecular flexibility index (Phi) is 5.93. The molecule has 0 aliphatic heterocycles. The molecule has 1 aliphatic rings. The lowest BCUT2D eigenvalue weighted by Gasteiger charge is -2.18. The van der Waals surface area contributed by atoms with Crippen LogP contribution in [-0.4, -0.2) is 35.4 Å². The van der Waals surface area contributed by atoms with E-state index >= 15 is 0 Å². The van der Waals surface area contributed by atoms with E-state index in [1.165, 1.54) is 11.0 Å². The molecule has 3 rings (SSSR count). The SMILES string of the molecule is C=CCOc1ccc(CN(C)C(=O)c2ccc(NC3CC3)c([N+](=O)[O-])c2)cc1. The first-order valence-electron chi connectivity index (χ1n) is 9.11. The van der Waals surface area contributed by atoms with E-state index in [4.69, 9.17) is 4.74 Å². The van der Waals surface area contributed by atoms with Crippen LogP contribution in [0.3, 0.4) is 0 Å². The highest BCUT2D eigenvalue weighted by atomic mass is 16.6. The number of nitrogens with one attached hydrogen (secondary N) is 1. The fraction of sp³-hybridized carbons (Fsp3) is 0.286. The molecule has 1 amide bonds. The van der Waals surface area contributed by atoms with Gasteiger partial charge in [-0.1, -0.05) is 24.8 Å². The normalized spacial score (nSPS) is 12.9. The van der Waals surface area contributed by atoms with Gasteiger partial charge in [0.1, 0.15) is 18.0 Å². The van der Waals surface area contributed by atoms with Gasteiger partial charge in [-0.2, -0.15) is 0 Å². The Morgan fingerprint density at radius 3 is 2.64 bits per heavy atom. The van der Waals surface area contributed by atoms with Gasteiger partial charge in [-0.05, 0) is 42.7 Å². The second kappa shape index (κ2) is 8.56. The summed E-state index contributed by atoms with van der Waals surface area (Å²) in [5.41, 5.74) is 1.61. The number of nitro benzene ring substituents is 1. The zero-order chi connectivity index (χ0) is 20.1. The third-order valence-corrected chi connectivity index (χ3v) is 4.44. The molecule has 2 aromatic rings.